The Kier molecular flexibility index (Phi) is 4.11. The summed E-state index contributed by atoms with van der Waals surface area (Å²) in [6.07, 6.45) is 1.71. The number of carbonyl (C=O) groups is 1. The average Bonchev–Trinajstić information content (AvgIpc) is 3.35. The minimum absolute atomic E-state index is 0.102. The standard InChI is InChI=1S/C17H13Cl2FN6O2/c18-13-9(1-2-10(20)14(13)19)17(27)26-8-5-25-15(11-3-4-21-22-11)23-24-16(25)12(26)7-28-6-8/h1-4,8,12H,5-7H2,(H,21,22)/t8-,12?/m1/s1. The molecule has 2 bridgehead atoms. The average molecular weight is 423 g/mol. The lowest BCUT2D eigenvalue weighted by Crippen LogP contribution is -2.56. The highest BCUT2D eigenvalue weighted by atomic mass is 35.5. The lowest BCUT2D eigenvalue weighted by Gasteiger charge is -2.45. The van der Waals surface area contributed by atoms with E-state index >= 15 is 0 Å². The van der Waals surface area contributed by atoms with Gasteiger partial charge in [0.2, 0.25) is 0 Å². The summed E-state index contributed by atoms with van der Waals surface area (Å²) in [7, 11) is 0. The first kappa shape index (κ1) is 17.6. The number of nitrogens with one attached hydrogen (secondary N) is 1. The van der Waals surface area contributed by atoms with Crippen LogP contribution >= 0.6 is 23.2 Å². The summed E-state index contributed by atoms with van der Waals surface area (Å²) in [5.74, 6) is 0.212. The molecule has 0 aliphatic carbocycles. The molecule has 4 heterocycles. The van der Waals surface area contributed by atoms with E-state index in [4.69, 9.17) is 27.9 Å². The van der Waals surface area contributed by atoms with Crippen LogP contribution in [0.3, 0.4) is 0 Å². The van der Waals surface area contributed by atoms with E-state index < -0.39 is 11.9 Å². The molecule has 0 saturated carbocycles. The molecule has 1 amide bonds. The van der Waals surface area contributed by atoms with Crippen molar-refractivity contribution >= 4 is 29.1 Å². The third-order valence-electron chi connectivity index (χ3n) is 5.02. The van der Waals surface area contributed by atoms with Crippen LogP contribution in [0.2, 0.25) is 10.0 Å². The Morgan fingerprint density at radius 3 is 2.86 bits per heavy atom. The van der Waals surface area contributed by atoms with Gasteiger partial charge in [0, 0.05) is 12.7 Å². The maximum Gasteiger partial charge on any atom is 0.256 e. The maximum atomic E-state index is 13.6. The highest BCUT2D eigenvalue weighted by Gasteiger charge is 2.44. The summed E-state index contributed by atoms with van der Waals surface area (Å²) >= 11 is 12.0. The Morgan fingerprint density at radius 1 is 1.21 bits per heavy atom. The van der Waals surface area contributed by atoms with E-state index in [0.717, 1.165) is 6.07 Å². The number of fused-ring (bicyclic) bond motifs is 4. The van der Waals surface area contributed by atoms with E-state index in [0.29, 0.717) is 30.5 Å². The largest absolute Gasteiger partial charge is 0.377 e. The molecular formula is C17H13Cl2FN6O2. The fraction of sp³-hybridized carbons (Fsp3) is 0.294. The van der Waals surface area contributed by atoms with E-state index in [2.05, 4.69) is 20.4 Å². The monoisotopic (exact) mass is 422 g/mol. The Hall–Kier alpha value is -2.49. The number of H-pyrrole nitrogens is 1. The predicted molar refractivity (Wildman–Crippen MR) is 97.5 cm³/mol. The lowest BCUT2D eigenvalue weighted by atomic mass is 10.0. The first-order chi connectivity index (χ1) is 13.6. The summed E-state index contributed by atoms with van der Waals surface area (Å²) < 4.78 is 21.3. The fourth-order valence-electron chi connectivity index (χ4n) is 3.73. The van der Waals surface area contributed by atoms with E-state index in [9.17, 15) is 9.18 Å². The van der Waals surface area contributed by atoms with E-state index in [1.807, 2.05) is 4.57 Å². The van der Waals surface area contributed by atoms with Gasteiger partial charge in [-0.1, -0.05) is 23.2 Å². The molecule has 2 atom stereocenters. The zero-order valence-corrected chi connectivity index (χ0v) is 15.8. The molecule has 5 rings (SSSR count). The summed E-state index contributed by atoms with van der Waals surface area (Å²) in [6, 6.07) is 3.58. The molecule has 8 nitrogen and oxygen atoms in total. The Bertz CT molecular complexity index is 1070. The molecule has 0 spiro atoms. The molecule has 1 unspecified atom stereocenters. The number of benzene rings is 1. The van der Waals surface area contributed by atoms with E-state index in [1.165, 1.54) is 6.07 Å². The zero-order valence-electron chi connectivity index (χ0n) is 14.3. The van der Waals surface area contributed by atoms with Crippen molar-refractivity contribution in [1.82, 2.24) is 29.9 Å². The van der Waals surface area contributed by atoms with E-state index in [-0.39, 0.29) is 34.2 Å². The number of amides is 1. The molecule has 0 radical (unpaired) electrons. The summed E-state index contributed by atoms with van der Waals surface area (Å²) in [5, 5.41) is 15.1. The number of ether oxygens (including phenoxy) is 1. The number of rotatable bonds is 2. The second-order valence-electron chi connectivity index (χ2n) is 6.59. The van der Waals surface area contributed by atoms with Crippen molar-refractivity contribution in [3.8, 4) is 11.5 Å². The normalized spacial score (nSPS) is 20.9. The SMILES string of the molecule is O=C(c1ccc(F)c(Cl)c1Cl)N1C2COC[C@H]1Cn1c(-c3cc[nH]n3)nnc12. The molecule has 3 aromatic rings. The Morgan fingerprint density at radius 2 is 2.07 bits per heavy atom. The van der Waals surface area contributed by atoms with Crippen LogP contribution in [-0.2, 0) is 11.3 Å². The number of halogens is 3. The second-order valence-corrected chi connectivity index (χ2v) is 7.35. The highest BCUT2D eigenvalue weighted by Crippen LogP contribution is 2.37. The van der Waals surface area contributed by atoms with Crippen LogP contribution in [0.25, 0.3) is 11.5 Å². The van der Waals surface area contributed by atoms with Crippen molar-refractivity contribution in [2.45, 2.75) is 18.6 Å². The molecular weight excluding hydrogens is 410 g/mol. The van der Waals surface area contributed by atoms with Crippen LogP contribution in [0.1, 0.15) is 22.2 Å². The minimum Gasteiger partial charge on any atom is -0.377 e. The Labute approximate surface area is 168 Å². The molecule has 1 N–H and O–H groups in total. The van der Waals surface area contributed by atoms with Crippen LogP contribution in [0.5, 0.6) is 0 Å². The molecule has 2 aromatic heterocycles. The van der Waals surface area contributed by atoms with Crippen molar-refractivity contribution in [2.24, 2.45) is 0 Å². The number of nitrogens with zero attached hydrogens (tertiary/aromatic N) is 5. The van der Waals surface area contributed by atoms with E-state index in [1.54, 1.807) is 17.2 Å². The molecule has 11 heteroatoms. The van der Waals surface area contributed by atoms with Gasteiger partial charge in [-0.3, -0.25) is 9.89 Å². The highest BCUT2D eigenvalue weighted by molar-refractivity contribution is 6.44. The van der Waals surface area contributed by atoms with Crippen LogP contribution in [-0.4, -0.2) is 55.0 Å². The maximum absolute atomic E-state index is 13.6. The van der Waals surface area contributed by atoms with Gasteiger partial charge in [-0.05, 0) is 18.2 Å². The van der Waals surface area contributed by atoms with Crippen LogP contribution < -0.4 is 0 Å². The van der Waals surface area contributed by atoms with Gasteiger partial charge in [-0.2, -0.15) is 5.10 Å². The number of hydrogen-bond acceptors (Lipinski definition) is 5. The third-order valence-corrected chi connectivity index (χ3v) is 5.87. The number of morpholine rings is 1. The number of carbonyl (C=O) groups excluding carboxylic acids is 1. The Balaban J connectivity index is 1.56. The van der Waals surface area contributed by atoms with Gasteiger partial charge in [-0.15, -0.1) is 10.2 Å². The topological polar surface area (TPSA) is 88.9 Å². The summed E-state index contributed by atoms with van der Waals surface area (Å²) in [4.78, 5) is 15.0. The molecule has 1 saturated heterocycles. The van der Waals surface area contributed by atoms with Gasteiger partial charge in [0.1, 0.15) is 17.6 Å². The molecule has 2 aliphatic heterocycles. The molecule has 144 valence electrons. The molecule has 1 aromatic carbocycles. The predicted octanol–water partition coefficient (Wildman–Crippen LogP) is 2.71. The first-order valence-electron chi connectivity index (χ1n) is 8.53. The van der Waals surface area contributed by atoms with Crippen molar-refractivity contribution in [3.05, 3.63) is 51.6 Å². The summed E-state index contributed by atoms with van der Waals surface area (Å²) in [5.41, 5.74) is 0.816. The third kappa shape index (κ3) is 2.54. The second kappa shape index (κ2) is 6.54. The van der Waals surface area contributed by atoms with Gasteiger partial charge in [0.05, 0.1) is 34.9 Å². The van der Waals surface area contributed by atoms with Crippen molar-refractivity contribution in [3.63, 3.8) is 0 Å². The van der Waals surface area contributed by atoms with Crippen molar-refractivity contribution < 1.29 is 13.9 Å². The van der Waals surface area contributed by atoms with Crippen molar-refractivity contribution in [1.29, 1.82) is 0 Å². The first-order valence-corrected chi connectivity index (χ1v) is 9.29. The smallest absolute Gasteiger partial charge is 0.256 e. The minimum atomic E-state index is -0.672. The number of aromatic nitrogens is 5. The van der Waals surface area contributed by atoms with Gasteiger partial charge in [0.15, 0.2) is 11.6 Å². The van der Waals surface area contributed by atoms with Gasteiger partial charge >= 0.3 is 0 Å². The molecule has 2 aliphatic rings. The van der Waals surface area contributed by atoms with Crippen LogP contribution in [0.15, 0.2) is 24.4 Å². The van der Waals surface area contributed by atoms with Crippen molar-refractivity contribution in [2.75, 3.05) is 13.2 Å². The summed E-state index contributed by atoms with van der Waals surface area (Å²) in [6.45, 7) is 1.07. The van der Waals surface area contributed by atoms with Gasteiger partial charge in [-0.25, -0.2) is 4.39 Å². The van der Waals surface area contributed by atoms with Crippen LogP contribution in [0.4, 0.5) is 4.39 Å². The van der Waals surface area contributed by atoms with Gasteiger partial charge < -0.3 is 14.2 Å². The number of aromatic amines is 1. The quantitative estimate of drug-likeness (QED) is 0.641. The van der Waals surface area contributed by atoms with Crippen LogP contribution in [0, 0.1) is 5.82 Å². The fourth-order valence-corrected chi connectivity index (χ4v) is 4.13. The molecule has 1 fully saturated rings. The zero-order chi connectivity index (χ0) is 19.4. The number of hydrogen-bond donors (Lipinski definition) is 1. The molecule has 28 heavy (non-hydrogen) atoms. The van der Waals surface area contributed by atoms with Gasteiger partial charge in [0.25, 0.3) is 5.91 Å². The lowest BCUT2D eigenvalue weighted by molar-refractivity contribution is -0.0569.